The molecule has 1 N–H and O–H groups in total. The summed E-state index contributed by atoms with van der Waals surface area (Å²) in [5.41, 5.74) is 0.928. The van der Waals surface area contributed by atoms with Gasteiger partial charge in [0, 0.05) is 38.6 Å². The average molecular weight is 347 g/mol. The van der Waals surface area contributed by atoms with Crippen LogP contribution in [0.3, 0.4) is 0 Å². The summed E-state index contributed by atoms with van der Waals surface area (Å²) in [6.45, 7) is 5.80. The van der Waals surface area contributed by atoms with E-state index in [2.05, 4.69) is 15.1 Å². The molecule has 5 heteroatoms. The first kappa shape index (κ1) is 18.3. The minimum Gasteiger partial charge on any atom is -0.352 e. The van der Waals surface area contributed by atoms with Crippen LogP contribution in [0.15, 0.2) is 24.3 Å². The summed E-state index contributed by atoms with van der Waals surface area (Å²) in [6.07, 6.45) is 7.24. The zero-order chi connectivity index (χ0) is 17.5. The lowest BCUT2D eigenvalue weighted by molar-refractivity contribution is -0.121. The number of rotatable bonds is 6. The Bertz CT molecular complexity index is 542. The van der Waals surface area contributed by atoms with Crippen molar-refractivity contribution in [1.82, 2.24) is 15.1 Å². The van der Waals surface area contributed by atoms with Gasteiger partial charge in [-0.2, -0.15) is 0 Å². The maximum absolute atomic E-state index is 12.9. The third kappa shape index (κ3) is 5.79. The fourth-order valence-corrected chi connectivity index (χ4v) is 4.00. The number of nitrogens with one attached hydrogen (secondary N) is 1. The molecule has 0 atom stereocenters. The van der Waals surface area contributed by atoms with Crippen molar-refractivity contribution in [3.05, 3.63) is 35.6 Å². The number of benzene rings is 1. The molecule has 1 amide bonds. The van der Waals surface area contributed by atoms with E-state index in [0.717, 1.165) is 37.8 Å². The summed E-state index contributed by atoms with van der Waals surface area (Å²) < 4.78 is 12.9. The van der Waals surface area contributed by atoms with Gasteiger partial charge in [0.1, 0.15) is 5.82 Å². The highest BCUT2D eigenvalue weighted by atomic mass is 19.1. The zero-order valence-corrected chi connectivity index (χ0v) is 15.1. The van der Waals surface area contributed by atoms with E-state index in [0.29, 0.717) is 13.0 Å². The van der Waals surface area contributed by atoms with Crippen LogP contribution in [-0.2, 0) is 11.3 Å². The van der Waals surface area contributed by atoms with Crippen LogP contribution in [0.2, 0.25) is 0 Å². The molecule has 0 bridgehead atoms. The third-order valence-electron chi connectivity index (χ3n) is 5.52. The number of carbonyl (C=O) groups excluding carboxylic acids is 1. The van der Waals surface area contributed by atoms with E-state index in [-0.39, 0.29) is 11.7 Å². The molecule has 4 nitrogen and oxygen atoms in total. The summed E-state index contributed by atoms with van der Waals surface area (Å²) in [5, 5.41) is 2.93. The van der Waals surface area contributed by atoms with Crippen molar-refractivity contribution < 1.29 is 9.18 Å². The van der Waals surface area contributed by atoms with Crippen LogP contribution in [0, 0.1) is 5.82 Å². The van der Waals surface area contributed by atoms with E-state index in [1.54, 1.807) is 12.1 Å². The molecule has 0 spiro atoms. The van der Waals surface area contributed by atoms with Crippen LogP contribution in [0.4, 0.5) is 4.39 Å². The van der Waals surface area contributed by atoms with Crippen LogP contribution in [0.1, 0.15) is 44.1 Å². The molecular weight excluding hydrogens is 317 g/mol. The highest BCUT2D eigenvalue weighted by molar-refractivity contribution is 5.76. The van der Waals surface area contributed by atoms with Gasteiger partial charge in [0.25, 0.3) is 0 Å². The fraction of sp³-hybridized carbons (Fsp3) is 0.650. The standard InChI is InChI=1S/C20H30FN3O/c21-18-8-6-17(7-9-18)16-22-20(25)10-13-23-11-3-12-24(15-14-23)19-4-1-2-5-19/h6-9,19H,1-5,10-16H2,(H,22,25). The monoisotopic (exact) mass is 347 g/mol. The summed E-state index contributed by atoms with van der Waals surface area (Å²) in [6, 6.07) is 7.08. The Morgan fingerprint density at radius 1 is 1.04 bits per heavy atom. The second-order valence-corrected chi connectivity index (χ2v) is 7.32. The molecule has 1 aromatic rings. The normalized spacial score (nSPS) is 20.5. The maximum Gasteiger partial charge on any atom is 0.221 e. The van der Waals surface area contributed by atoms with Crippen molar-refractivity contribution in [2.75, 3.05) is 32.7 Å². The predicted molar refractivity (Wildman–Crippen MR) is 97.7 cm³/mol. The van der Waals surface area contributed by atoms with Crippen molar-refractivity contribution in [1.29, 1.82) is 0 Å². The minimum atomic E-state index is -0.247. The predicted octanol–water partition coefficient (Wildman–Crippen LogP) is 2.78. The molecule has 0 radical (unpaired) electrons. The van der Waals surface area contributed by atoms with Gasteiger partial charge in [0.2, 0.25) is 5.91 Å². The van der Waals surface area contributed by atoms with Crippen LogP contribution >= 0.6 is 0 Å². The number of carbonyl (C=O) groups is 1. The summed E-state index contributed by atoms with van der Waals surface area (Å²) in [4.78, 5) is 17.2. The Balaban J connectivity index is 1.35. The molecule has 1 aromatic carbocycles. The Labute approximate surface area is 150 Å². The molecule has 1 aliphatic carbocycles. The van der Waals surface area contributed by atoms with E-state index in [1.807, 2.05) is 0 Å². The molecule has 1 saturated carbocycles. The minimum absolute atomic E-state index is 0.0706. The van der Waals surface area contributed by atoms with E-state index >= 15 is 0 Å². The Morgan fingerprint density at radius 3 is 2.56 bits per heavy atom. The van der Waals surface area contributed by atoms with Gasteiger partial charge in [0.15, 0.2) is 0 Å². The third-order valence-corrected chi connectivity index (χ3v) is 5.52. The molecular formula is C20H30FN3O. The van der Waals surface area contributed by atoms with E-state index in [4.69, 9.17) is 0 Å². The smallest absolute Gasteiger partial charge is 0.221 e. The summed E-state index contributed by atoms with van der Waals surface area (Å²) in [7, 11) is 0. The lowest BCUT2D eigenvalue weighted by atomic mass is 10.2. The fourth-order valence-electron chi connectivity index (χ4n) is 4.00. The first-order valence-electron chi connectivity index (χ1n) is 9.68. The van der Waals surface area contributed by atoms with Crippen LogP contribution in [-0.4, -0.2) is 54.5 Å². The van der Waals surface area contributed by atoms with Crippen molar-refractivity contribution in [2.45, 2.75) is 51.1 Å². The number of hydrogen-bond acceptors (Lipinski definition) is 3. The molecule has 3 rings (SSSR count). The molecule has 0 unspecified atom stereocenters. The van der Waals surface area contributed by atoms with E-state index < -0.39 is 0 Å². The highest BCUT2D eigenvalue weighted by Gasteiger charge is 2.24. The summed E-state index contributed by atoms with van der Waals surface area (Å²) >= 11 is 0. The molecule has 25 heavy (non-hydrogen) atoms. The highest BCUT2D eigenvalue weighted by Crippen LogP contribution is 2.24. The van der Waals surface area contributed by atoms with Crippen LogP contribution < -0.4 is 5.32 Å². The Morgan fingerprint density at radius 2 is 1.80 bits per heavy atom. The van der Waals surface area contributed by atoms with Gasteiger partial charge in [-0.1, -0.05) is 25.0 Å². The second-order valence-electron chi connectivity index (χ2n) is 7.32. The van der Waals surface area contributed by atoms with Crippen molar-refractivity contribution in [3.63, 3.8) is 0 Å². The molecule has 1 heterocycles. The van der Waals surface area contributed by atoms with Gasteiger partial charge in [-0.05, 0) is 50.0 Å². The van der Waals surface area contributed by atoms with E-state index in [9.17, 15) is 9.18 Å². The van der Waals surface area contributed by atoms with Crippen molar-refractivity contribution >= 4 is 5.91 Å². The number of hydrogen-bond donors (Lipinski definition) is 1. The molecule has 0 aromatic heterocycles. The van der Waals surface area contributed by atoms with Gasteiger partial charge >= 0.3 is 0 Å². The molecule has 2 aliphatic rings. The first-order chi connectivity index (χ1) is 12.2. The molecule has 2 fully saturated rings. The van der Waals surface area contributed by atoms with Crippen LogP contribution in [0.25, 0.3) is 0 Å². The van der Waals surface area contributed by atoms with Gasteiger partial charge in [0.05, 0.1) is 0 Å². The zero-order valence-electron chi connectivity index (χ0n) is 15.1. The number of halogens is 1. The second kappa shape index (κ2) is 9.30. The lowest BCUT2D eigenvalue weighted by Crippen LogP contribution is -2.37. The lowest BCUT2D eigenvalue weighted by Gasteiger charge is -2.27. The van der Waals surface area contributed by atoms with Gasteiger partial charge < -0.3 is 10.2 Å². The maximum atomic E-state index is 12.9. The number of amides is 1. The Hall–Kier alpha value is -1.46. The Kier molecular flexibility index (Phi) is 6.82. The number of nitrogens with zero attached hydrogens (tertiary/aromatic N) is 2. The largest absolute Gasteiger partial charge is 0.352 e. The van der Waals surface area contributed by atoms with Crippen LogP contribution in [0.5, 0.6) is 0 Å². The molecule has 1 aliphatic heterocycles. The quantitative estimate of drug-likeness (QED) is 0.859. The van der Waals surface area contributed by atoms with Gasteiger partial charge in [-0.25, -0.2) is 4.39 Å². The molecule has 138 valence electrons. The molecule has 1 saturated heterocycles. The van der Waals surface area contributed by atoms with E-state index in [1.165, 1.54) is 50.8 Å². The van der Waals surface area contributed by atoms with Crippen molar-refractivity contribution in [3.8, 4) is 0 Å². The van der Waals surface area contributed by atoms with Gasteiger partial charge in [-0.3, -0.25) is 9.69 Å². The topological polar surface area (TPSA) is 35.6 Å². The average Bonchev–Trinajstić information content (AvgIpc) is 3.05. The first-order valence-corrected chi connectivity index (χ1v) is 9.68. The summed E-state index contributed by atoms with van der Waals surface area (Å²) in [5.74, 6) is -0.177. The SMILES string of the molecule is O=C(CCN1CCCN(C2CCCC2)CC1)NCc1ccc(F)cc1. The van der Waals surface area contributed by atoms with Gasteiger partial charge in [-0.15, -0.1) is 0 Å². The van der Waals surface area contributed by atoms with Crippen molar-refractivity contribution in [2.24, 2.45) is 0 Å².